The molecule has 0 unspecified atom stereocenters. The highest BCUT2D eigenvalue weighted by atomic mass is 16.5. The first-order chi connectivity index (χ1) is 13.1. The molecule has 0 radical (unpaired) electrons. The second kappa shape index (κ2) is 8.62. The molecule has 6 nitrogen and oxygen atoms in total. The predicted octanol–water partition coefficient (Wildman–Crippen LogP) is 2.75. The van der Waals surface area contributed by atoms with Gasteiger partial charge in [-0.05, 0) is 12.1 Å². The molecule has 3 rings (SSSR count). The van der Waals surface area contributed by atoms with Gasteiger partial charge in [-0.2, -0.15) is 5.10 Å². The number of carbonyl (C=O) groups is 2. The molecule has 0 bridgehead atoms. The molecular formula is C21H19N3O3. The highest BCUT2D eigenvalue weighted by Gasteiger charge is 2.13. The number of esters is 1. The number of hydrazone groups is 1. The zero-order valence-electron chi connectivity index (χ0n) is 14.8. The van der Waals surface area contributed by atoms with Gasteiger partial charge in [0.2, 0.25) is 0 Å². The van der Waals surface area contributed by atoms with Crippen molar-refractivity contribution in [2.24, 2.45) is 12.1 Å². The zero-order valence-corrected chi connectivity index (χ0v) is 14.8. The van der Waals surface area contributed by atoms with Gasteiger partial charge in [0.25, 0.3) is 5.91 Å². The molecule has 2 aromatic carbocycles. The maximum atomic E-state index is 12.1. The van der Waals surface area contributed by atoms with Crippen LogP contribution >= 0.6 is 0 Å². The van der Waals surface area contributed by atoms with E-state index in [0.29, 0.717) is 11.4 Å². The van der Waals surface area contributed by atoms with Crippen molar-refractivity contribution in [1.29, 1.82) is 0 Å². The van der Waals surface area contributed by atoms with Gasteiger partial charge in [-0.25, -0.2) is 10.2 Å². The molecule has 1 N–H and O–H groups in total. The first-order valence-corrected chi connectivity index (χ1v) is 8.41. The summed E-state index contributed by atoms with van der Waals surface area (Å²) in [7, 11) is 1.73. The molecule has 27 heavy (non-hydrogen) atoms. The molecule has 0 aliphatic rings. The third-order valence-electron chi connectivity index (χ3n) is 3.87. The lowest BCUT2D eigenvalue weighted by atomic mass is 10.0. The van der Waals surface area contributed by atoms with E-state index in [1.54, 1.807) is 29.9 Å². The number of hydrogen-bond donors (Lipinski definition) is 1. The summed E-state index contributed by atoms with van der Waals surface area (Å²) in [5.41, 5.74) is 5.19. The number of hydrogen-bond acceptors (Lipinski definition) is 4. The van der Waals surface area contributed by atoms with Crippen molar-refractivity contribution in [3.63, 3.8) is 0 Å². The maximum absolute atomic E-state index is 12.1. The molecule has 1 aromatic heterocycles. The van der Waals surface area contributed by atoms with Crippen LogP contribution in [0.3, 0.4) is 0 Å². The normalized spacial score (nSPS) is 10.1. The van der Waals surface area contributed by atoms with Gasteiger partial charge >= 0.3 is 5.97 Å². The number of aromatic nitrogens is 1. The van der Waals surface area contributed by atoms with Gasteiger partial charge in [-0.1, -0.05) is 60.7 Å². The lowest BCUT2D eigenvalue weighted by Gasteiger charge is -2.08. The third-order valence-corrected chi connectivity index (χ3v) is 3.87. The molecule has 1 amide bonds. The summed E-state index contributed by atoms with van der Waals surface area (Å²) < 4.78 is 6.66. The Bertz CT molecular complexity index is 906. The number of amides is 1. The standard InChI is InChI=1S/C21H19N3O3/c1-24-14-8-13-18(24)21(26)27-15-19(25)22-23-20(16-9-4-2-5-10-16)17-11-6-3-7-12-17/h2-14H,15H2,1H3,(H,22,25). The third kappa shape index (κ3) is 4.70. The Labute approximate surface area is 157 Å². The minimum Gasteiger partial charge on any atom is -0.451 e. The highest BCUT2D eigenvalue weighted by Crippen LogP contribution is 2.10. The van der Waals surface area contributed by atoms with Crippen molar-refractivity contribution in [2.45, 2.75) is 0 Å². The monoisotopic (exact) mass is 361 g/mol. The lowest BCUT2D eigenvalue weighted by Crippen LogP contribution is -2.26. The van der Waals surface area contributed by atoms with E-state index in [2.05, 4.69) is 10.5 Å². The van der Waals surface area contributed by atoms with E-state index in [9.17, 15) is 9.59 Å². The van der Waals surface area contributed by atoms with Crippen molar-refractivity contribution in [1.82, 2.24) is 9.99 Å². The van der Waals surface area contributed by atoms with Crippen LogP contribution in [0, 0.1) is 0 Å². The van der Waals surface area contributed by atoms with Crippen molar-refractivity contribution < 1.29 is 14.3 Å². The summed E-state index contributed by atoms with van der Waals surface area (Å²) >= 11 is 0. The quantitative estimate of drug-likeness (QED) is 0.417. The fraction of sp³-hybridized carbons (Fsp3) is 0.0952. The Morgan fingerprint density at radius 1 is 0.926 bits per heavy atom. The van der Waals surface area contributed by atoms with Gasteiger partial charge in [-0.3, -0.25) is 4.79 Å². The minimum atomic E-state index is -0.562. The Balaban J connectivity index is 1.68. The molecule has 1 heterocycles. The first-order valence-electron chi connectivity index (χ1n) is 8.41. The Hall–Kier alpha value is -3.67. The van der Waals surface area contributed by atoms with Crippen LogP contribution in [0.5, 0.6) is 0 Å². The van der Waals surface area contributed by atoms with E-state index in [1.807, 2.05) is 60.7 Å². The van der Waals surface area contributed by atoms with Gasteiger partial charge in [-0.15, -0.1) is 0 Å². The maximum Gasteiger partial charge on any atom is 0.355 e. The van der Waals surface area contributed by atoms with E-state index >= 15 is 0 Å². The highest BCUT2D eigenvalue weighted by molar-refractivity contribution is 6.13. The molecule has 0 aliphatic heterocycles. The topological polar surface area (TPSA) is 72.7 Å². The number of aryl methyl sites for hydroxylation is 1. The van der Waals surface area contributed by atoms with Gasteiger partial charge in [0.15, 0.2) is 6.61 Å². The second-order valence-electron chi connectivity index (χ2n) is 5.81. The summed E-state index contributed by atoms with van der Waals surface area (Å²) in [5, 5.41) is 4.24. The molecule has 0 saturated carbocycles. The minimum absolute atomic E-state index is 0.376. The molecule has 136 valence electrons. The average Bonchev–Trinajstić information content (AvgIpc) is 3.14. The van der Waals surface area contributed by atoms with E-state index in [-0.39, 0.29) is 0 Å². The zero-order chi connectivity index (χ0) is 19.1. The van der Waals surface area contributed by atoms with E-state index < -0.39 is 18.5 Å². The summed E-state index contributed by atoms with van der Waals surface area (Å²) in [4.78, 5) is 24.0. The first kappa shape index (κ1) is 18.1. The summed E-state index contributed by atoms with van der Waals surface area (Å²) in [6.07, 6.45) is 1.73. The van der Waals surface area contributed by atoms with Crippen LogP contribution in [0.1, 0.15) is 21.6 Å². The van der Waals surface area contributed by atoms with Gasteiger partial charge in [0.05, 0.1) is 5.71 Å². The largest absolute Gasteiger partial charge is 0.451 e. The van der Waals surface area contributed by atoms with Crippen LogP contribution in [-0.2, 0) is 16.6 Å². The second-order valence-corrected chi connectivity index (χ2v) is 5.81. The van der Waals surface area contributed by atoms with E-state index in [1.165, 1.54) is 0 Å². The van der Waals surface area contributed by atoms with Crippen LogP contribution in [0.15, 0.2) is 84.1 Å². The molecule has 0 aliphatic carbocycles. The van der Waals surface area contributed by atoms with Gasteiger partial charge < -0.3 is 9.30 Å². The summed E-state index contributed by atoms with van der Waals surface area (Å²) in [6, 6.07) is 22.4. The Kier molecular flexibility index (Phi) is 5.79. The smallest absolute Gasteiger partial charge is 0.355 e. The number of ether oxygens (including phenoxy) is 1. The van der Waals surface area contributed by atoms with Gasteiger partial charge in [0, 0.05) is 24.4 Å². The van der Waals surface area contributed by atoms with Gasteiger partial charge in [0.1, 0.15) is 5.69 Å². The summed E-state index contributed by atoms with van der Waals surface area (Å²) in [6.45, 7) is -0.412. The molecule has 0 spiro atoms. The van der Waals surface area contributed by atoms with Crippen LogP contribution < -0.4 is 5.43 Å². The number of rotatable bonds is 6. The van der Waals surface area contributed by atoms with Crippen molar-refractivity contribution in [3.8, 4) is 0 Å². The fourth-order valence-electron chi connectivity index (χ4n) is 2.52. The molecule has 3 aromatic rings. The molecule has 6 heteroatoms. The molecular weight excluding hydrogens is 342 g/mol. The molecule has 0 atom stereocenters. The predicted molar refractivity (Wildman–Crippen MR) is 102 cm³/mol. The Morgan fingerprint density at radius 2 is 1.52 bits per heavy atom. The number of nitrogens with zero attached hydrogens (tertiary/aromatic N) is 2. The van der Waals surface area contributed by atoms with Crippen LogP contribution in [0.25, 0.3) is 0 Å². The van der Waals surface area contributed by atoms with Crippen LogP contribution in [0.4, 0.5) is 0 Å². The lowest BCUT2D eigenvalue weighted by molar-refractivity contribution is -0.124. The number of nitrogens with one attached hydrogen (secondary N) is 1. The van der Waals surface area contributed by atoms with Crippen LogP contribution in [-0.4, -0.2) is 28.8 Å². The average molecular weight is 361 g/mol. The molecule has 0 fully saturated rings. The fourth-order valence-corrected chi connectivity index (χ4v) is 2.52. The van der Waals surface area contributed by atoms with Crippen molar-refractivity contribution in [3.05, 3.63) is 95.8 Å². The number of carbonyl (C=O) groups excluding carboxylic acids is 2. The summed E-state index contributed by atoms with van der Waals surface area (Å²) in [5.74, 6) is -1.07. The SMILES string of the molecule is Cn1cccc1C(=O)OCC(=O)NN=C(c1ccccc1)c1ccccc1. The van der Waals surface area contributed by atoms with E-state index in [0.717, 1.165) is 11.1 Å². The van der Waals surface area contributed by atoms with E-state index in [4.69, 9.17) is 4.74 Å². The van der Waals surface area contributed by atoms with Crippen LogP contribution in [0.2, 0.25) is 0 Å². The molecule has 0 saturated heterocycles. The number of benzene rings is 2. The van der Waals surface area contributed by atoms with Crippen molar-refractivity contribution >= 4 is 17.6 Å². The Morgan fingerprint density at radius 3 is 2.04 bits per heavy atom. The van der Waals surface area contributed by atoms with Crippen molar-refractivity contribution in [2.75, 3.05) is 6.61 Å².